The summed E-state index contributed by atoms with van der Waals surface area (Å²) in [4.78, 5) is 0. The van der Waals surface area contributed by atoms with Crippen molar-refractivity contribution in [3.63, 3.8) is 0 Å². The second kappa shape index (κ2) is 6.97. The third kappa shape index (κ3) is 7.05. The lowest BCUT2D eigenvalue weighted by Crippen LogP contribution is -2.39. The number of thiocarbonyl (C=S) groups is 1. The molecule has 84 valence electrons. The molecule has 5 nitrogen and oxygen atoms in total. The number of rotatable bonds is 6. The molecule has 0 rings (SSSR count). The van der Waals surface area contributed by atoms with E-state index in [1.165, 1.54) is 7.05 Å². The normalized spacial score (nSPS) is 11.0. The van der Waals surface area contributed by atoms with Crippen molar-refractivity contribution in [2.24, 2.45) is 0 Å². The Balaban J connectivity index is 3.59. The van der Waals surface area contributed by atoms with E-state index in [0.717, 1.165) is 13.0 Å². The highest BCUT2D eigenvalue weighted by atomic mass is 32.2. The van der Waals surface area contributed by atoms with Crippen molar-refractivity contribution < 1.29 is 8.42 Å². The fraction of sp³-hybridized carbons (Fsp3) is 0.857. The van der Waals surface area contributed by atoms with Crippen LogP contribution in [-0.2, 0) is 10.0 Å². The van der Waals surface area contributed by atoms with Gasteiger partial charge in [0.15, 0.2) is 5.11 Å². The molecule has 0 saturated heterocycles. The van der Waals surface area contributed by atoms with Crippen molar-refractivity contribution in [2.45, 2.75) is 13.3 Å². The Morgan fingerprint density at radius 1 is 1.29 bits per heavy atom. The molecule has 0 aromatic rings. The Bertz CT molecular complexity index is 264. The largest absolute Gasteiger partial charge is 0.363 e. The molecule has 0 aliphatic carbocycles. The summed E-state index contributed by atoms with van der Waals surface area (Å²) >= 11 is 4.91. The van der Waals surface area contributed by atoms with Crippen LogP contribution in [0.15, 0.2) is 0 Å². The lowest BCUT2D eigenvalue weighted by molar-refractivity contribution is 0.587. The number of sulfonamides is 1. The van der Waals surface area contributed by atoms with Crippen molar-refractivity contribution in [3.05, 3.63) is 0 Å². The van der Waals surface area contributed by atoms with E-state index in [1.54, 1.807) is 0 Å². The van der Waals surface area contributed by atoms with Gasteiger partial charge in [-0.3, -0.25) is 0 Å². The van der Waals surface area contributed by atoms with Crippen LogP contribution in [0.3, 0.4) is 0 Å². The predicted octanol–water partition coefficient (Wildman–Crippen LogP) is -0.590. The topological polar surface area (TPSA) is 70.2 Å². The van der Waals surface area contributed by atoms with Gasteiger partial charge in [-0.2, -0.15) is 0 Å². The van der Waals surface area contributed by atoms with E-state index in [9.17, 15) is 8.42 Å². The Hall–Kier alpha value is -0.400. The van der Waals surface area contributed by atoms with Gasteiger partial charge in [-0.25, -0.2) is 13.1 Å². The van der Waals surface area contributed by atoms with Crippen LogP contribution in [0.25, 0.3) is 0 Å². The second-order valence-corrected chi connectivity index (χ2v) is 5.16. The summed E-state index contributed by atoms with van der Waals surface area (Å²) < 4.78 is 24.2. The Kier molecular flexibility index (Phi) is 6.77. The highest BCUT2D eigenvalue weighted by molar-refractivity contribution is 7.89. The van der Waals surface area contributed by atoms with Crippen LogP contribution in [-0.4, -0.2) is 39.4 Å². The van der Waals surface area contributed by atoms with Gasteiger partial charge in [-0.15, -0.1) is 0 Å². The zero-order valence-corrected chi connectivity index (χ0v) is 10.1. The van der Waals surface area contributed by atoms with Gasteiger partial charge in [0.2, 0.25) is 10.0 Å². The molecule has 0 aromatic heterocycles. The maximum absolute atomic E-state index is 11.0. The van der Waals surface area contributed by atoms with E-state index < -0.39 is 10.0 Å². The van der Waals surface area contributed by atoms with E-state index in [1.807, 2.05) is 6.92 Å². The molecule has 0 fully saturated rings. The fourth-order valence-corrected chi connectivity index (χ4v) is 1.48. The van der Waals surface area contributed by atoms with Gasteiger partial charge in [0.05, 0.1) is 5.75 Å². The molecule has 0 aliphatic rings. The molecule has 0 saturated carbocycles. The van der Waals surface area contributed by atoms with Crippen LogP contribution in [0, 0.1) is 0 Å². The standard InChI is InChI=1S/C7H17N3O2S2/c1-3-4-9-7(13)10-5-6-14(11,12)8-2/h8H,3-6H2,1-2H3,(H2,9,10,13). The molecular formula is C7H17N3O2S2. The summed E-state index contributed by atoms with van der Waals surface area (Å²) in [6.07, 6.45) is 0.983. The minimum Gasteiger partial charge on any atom is -0.363 e. The molecule has 0 atom stereocenters. The first kappa shape index (κ1) is 13.6. The number of hydrogen-bond acceptors (Lipinski definition) is 3. The van der Waals surface area contributed by atoms with Gasteiger partial charge in [0.25, 0.3) is 0 Å². The van der Waals surface area contributed by atoms with E-state index in [-0.39, 0.29) is 5.75 Å². The summed E-state index contributed by atoms with van der Waals surface area (Å²) in [5, 5.41) is 6.25. The third-order valence-corrected chi connectivity index (χ3v) is 3.16. The zero-order chi connectivity index (χ0) is 11.0. The summed E-state index contributed by atoms with van der Waals surface area (Å²) in [7, 11) is -1.74. The maximum Gasteiger partial charge on any atom is 0.213 e. The Morgan fingerprint density at radius 3 is 2.36 bits per heavy atom. The molecule has 14 heavy (non-hydrogen) atoms. The fourth-order valence-electron chi connectivity index (χ4n) is 0.702. The second-order valence-electron chi connectivity index (χ2n) is 2.71. The average molecular weight is 239 g/mol. The van der Waals surface area contributed by atoms with Crippen molar-refractivity contribution in [1.29, 1.82) is 0 Å². The van der Waals surface area contributed by atoms with Crippen molar-refractivity contribution in [2.75, 3.05) is 25.9 Å². The maximum atomic E-state index is 11.0. The van der Waals surface area contributed by atoms with Crippen LogP contribution in [0.2, 0.25) is 0 Å². The monoisotopic (exact) mass is 239 g/mol. The van der Waals surface area contributed by atoms with Crippen molar-refractivity contribution in [1.82, 2.24) is 15.4 Å². The van der Waals surface area contributed by atoms with Gasteiger partial charge in [0, 0.05) is 13.1 Å². The number of hydrogen-bond donors (Lipinski definition) is 3. The van der Waals surface area contributed by atoms with Crippen LogP contribution < -0.4 is 15.4 Å². The zero-order valence-electron chi connectivity index (χ0n) is 8.46. The molecule has 0 aromatic carbocycles. The van der Waals surface area contributed by atoms with E-state index >= 15 is 0 Å². The minimum atomic E-state index is -3.14. The van der Waals surface area contributed by atoms with Crippen LogP contribution in [0.4, 0.5) is 0 Å². The van der Waals surface area contributed by atoms with Crippen molar-refractivity contribution in [3.8, 4) is 0 Å². The van der Waals surface area contributed by atoms with Gasteiger partial charge in [0.1, 0.15) is 0 Å². The molecule has 0 heterocycles. The van der Waals surface area contributed by atoms with E-state index in [4.69, 9.17) is 12.2 Å². The first-order chi connectivity index (χ1) is 6.52. The molecule has 0 aliphatic heterocycles. The SMILES string of the molecule is CCCNC(=S)NCCS(=O)(=O)NC. The van der Waals surface area contributed by atoms with Gasteiger partial charge in [-0.05, 0) is 25.7 Å². The molecule has 3 N–H and O–H groups in total. The first-order valence-electron chi connectivity index (χ1n) is 4.44. The molecule has 0 amide bonds. The Labute approximate surface area is 90.7 Å². The minimum absolute atomic E-state index is 0.0252. The van der Waals surface area contributed by atoms with Crippen LogP contribution in [0.1, 0.15) is 13.3 Å². The highest BCUT2D eigenvalue weighted by Crippen LogP contribution is 1.79. The summed E-state index contributed by atoms with van der Waals surface area (Å²) in [5.74, 6) is 0.0252. The predicted molar refractivity (Wildman–Crippen MR) is 61.7 cm³/mol. The van der Waals surface area contributed by atoms with Gasteiger partial charge >= 0.3 is 0 Å². The van der Waals surface area contributed by atoms with Gasteiger partial charge < -0.3 is 10.6 Å². The smallest absolute Gasteiger partial charge is 0.213 e. The van der Waals surface area contributed by atoms with Crippen LogP contribution >= 0.6 is 12.2 Å². The summed E-state index contributed by atoms with van der Waals surface area (Å²) in [6.45, 7) is 3.14. The third-order valence-electron chi connectivity index (χ3n) is 1.50. The summed E-state index contributed by atoms with van der Waals surface area (Å²) in [5.41, 5.74) is 0. The van der Waals surface area contributed by atoms with Crippen LogP contribution in [0.5, 0.6) is 0 Å². The van der Waals surface area contributed by atoms with Crippen molar-refractivity contribution >= 4 is 27.4 Å². The highest BCUT2D eigenvalue weighted by Gasteiger charge is 2.05. The molecule has 7 heteroatoms. The van der Waals surface area contributed by atoms with E-state index in [0.29, 0.717) is 11.7 Å². The first-order valence-corrected chi connectivity index (χ1v) is 6.50. The lowest BCUT2D eigenvalue weighted by Gasteiger charge is -2.09. The van der Waals surface area contributed by atoms with E-state index in [2.05, 4.69) is 15.4 Å². The molecular weight excluding hydrogens is 222 g/mol. The quantitative estimate of drug-likeness (QED) is 0.541. The Morgan fingerprint density at radius 2 is 1.86 bits per heavy atom. The van der Waals surface area contributed by atoms with Gasteiger partial charge in [-0.1, -0.05) is 6.92 Å². The summed E-state index contributed by atoms with van der Waals surface area (Å²) in [6, 6.07) is 0. The molecule has 0 spiro atoms. The average Bonchev–Trinajstić information content (AvgIpc) is 2.14. The number of nitrogens with one attached hydrogen (secondary N) is 3. The lowest BCUT2D eigenvalue weighted by atomic mass is 10.5. The molecule has 0 unspecified atom stereocenters. The molecule has 0 bridgehead atoms. The molecule has 0 radical (unpaired) electrons.